The number of hydrogen-bond acceptors (Lipinski definition) is 4. The Bertz CT molecular complexity index is 613. The highest BCUT2D eigenvalue weighted by Crippen LogP contribution is 2.37. The molecule has 0 radical (unpaired) electrons. The molecule has 0 bridgehead atoms. The topological polar surface area (TPSA) is 44.8 Å². The van der Waals surface area contributed by atoms with Crippen molar-refractivity contribution in [3.63, 3.8) is 0 Å². The van der Waals surface area contributed by atoms with Crippen molar-refractivity contribution in [3.8, 4) is 0 Å². The SMILES string of the molecule is COOCCCCOC(=O)CCC/C=C\C[C@H]1CCCC1CCCCCc1ccccc1. The quantitative estimate of drug-likeness (QED) is 0.0788. The van der Waals surface area contributed by atoms with E-state index in [9.17, 15) is 4.79 Å². The van der Waals surface area contributed by atoms with Crippen LogP contribution in [-0.2, 0) is 25.7 Å². The van der Waals surface area contributed by atoms with E-state index < -0.39 is 0 Å². The van der Waals surface area contributed by atoms with Crippen LogP contribution in [0.2, 0.25) is 0 Å². The van der Waals surface area contributed by atoms with Crippen molar-refractivity contribution in [1.82, 2.24) is 0 Å². The maximum absolute atomic E-state index is 11.7. The van der Waals surface area contributed by atoms with Crippen LogP contribution in [0.5, 0.6) is 0 Å². The van der Waals surface area contributed by atoms with Gasteiger partial charge in [0.15, 0.2) is 0 Å². The second kappa shape index (κ2) is 17.9. The molecule has 1 aromatic rings. The maximum Gasteiger partial charge on any atom is 0.305 e. The zero-order valence-electron chi connectivity index (χ0n) is 20.1. The number of hydrogen-bond donors (Lipinski definition) is 0. The highest BCUT2D eigenvalue weighted by molar-refractivity contribution is 5.69. The predicted molar refractivity (Wildman–Crippen MR) is 130 cm³/mol. The van der Waals surface area contributed by atoms with Gasteiger partial charge in [-0.1, -0.05) is 74.6 Å². The molecule has 1 aromatic carbocycles. The third kappa shape index (κ3) is 12.4. The fourth-order valence-corrected chi connectivity index (χ4v) is 4.72. The molecule has 1 aliphatic carbocycles. The van der Waals surface area contributed by atoms with E-state index in [4.69, 9.17) is 9.62 Å². The average Bonchev–Trinajstić information content (AvgIpc) is 3.26. The zero-order chi connectivity index (χ0) is 22.7. The molecule has 32 heavy (non-hydrogen) atoms. The van der Waals surface area contributed by atoms with Gasteiger partial charge in [-0.3, -0.25) is 4.79 Å². The molecular weight excluding hydrogens is 400 g/mol. The van der Waals surface area contributed by atoms with Crippen LogP contribution in [0.1, 0.15) is 89.0 Å². The van der Waals surface area contributed by atoms with Gasteiger partial charge in [-0.05, 0) is 68.8 Å². The normalized spacial score (nSPS) is 18.4. The van der Waals surface area contributed by atoms with E-state index in [1.54, 1.807) is 0 Å². The third-order valence-corrected chi connectivity index (χ3v) is 6.56. The van der Waals surface area contributed by atoms with Crippen molar-refractivity contribution < 1.29 is 19.3 Å². The first kappa shape index (κ1) is 26.6. The molecule has 1 unspecified atom stereocenters. The molecule has 0 amide bonds. The number of benzene rings is 1. The van der Waals surface area contributed by atoms with E-state index in [0.717, 1.165) is 37.5 Å². The van der Waals surface area contributed by atoms with E-state index in [-0.39, 0.29) is 5.97 Å². The highest BCUT2D eigenvalue weighted by atomic mass is 17.2. The number of ether oxygens (including phenoxy) is 1. The van der Waals surface area contributed by atoms with Crippen LogP contribution in [0.3, 0.4) is 0 Å². The molecule has 2 rings (SSSR count). The summed E-state index contributed by atoms with van der Waals surface area (Å²) in [6, 6.07) is 10.9. The van der Waals surface area contributed by atoms with Gasteiger partial charge in [-0.2, -0.15) is 0 Å². The van der Waals surface area contributed by atoms with Crippen molar-refractivity contribution in [2.75, 3.05) is 20.3 Å². The number of rotatable bonds is 18. The van der Waals surface area contributed by atoms with Crippen LogP contribution in [0.4, 0.5) is 0 Å². The molecule has 0 saturated heterocycles. The summed E-state index contributed by atoms with van der Waals surface area (Å²) in [7, 11) is 1.50. The summed E-state index contributed by atoms with van der Waals surface area (Å²) in [4.78, 5) is 21.0. The van der Waals surface area contributed by atoms with Crippen molar-refractivity contribution in [1.29, 1.82) is 0 Å². The fraction of sp³-hybridized carbons (Fsp3) is 0.679. The Kier molecular flexibility index (Phi) is 14.8. The molecule has 180 valence electrons. The van der Waals surface area contributed by atoms with Gasteiger partial charge in [0.2, 0.25) is 0 Å². The van der Waals surface area contributed by atoms with Gasteiger partial charge < -0.3 is 4.74 Å². The van der Waals surface area contributed by atoms with Crippen LogP contribution >= 0.6 is 0 Å². The third-order valence-electron chi connectivity index (χ3n) is 6.56. The number of aryl methyl sites for hydroxylation is 1. The Morgan fingerprint density at radius 2 is 1.75 bits per heavy atom. The number of esters is 1. The zero-order valence-corrected chi connectivity index (χ0v) is 20.1. The van der Waals surface area contributed by atoms with Gasteiger partial charge in [0, 0.05) is 6.42 Å². The smallest absolute Gasteiger partial charge is 0.305 e. The van der Waals surface area contributed by atoms with E-state index >= 15 is 0 Å². The molecule has 4 nitrogen and oxygen atoms in total. The summed E-state index contributed by atoms with van der Waals surface area (Å²) in [5.74, 6) is 1.70. The minimum absolute atomic E-state index is 0.0887. The lowest BCUT2D eigenvalue weighted by atomic mass is 9.88. The minimum atomic E-state index is -0.0887. The van der Waals surface area contributed by atoms with Gasteiger partial charge >= 0.3 is 5.97 Å². The van der Waals surface area contributed by atoms with Crippen molar-refractivity contribution in [3.05, 3.63) is 48.0 Å². The van der Waals surface area contributed by atoms with Crippen LogP contribution in [0.15, 0.2) is 42.5 Å². The van der Waals surface area contributed by atoms with Crippen LogP contribution < -0.4 is 0 Å². The Hall–Kier alpha value is -1.65. The predicted octanol–water partition coefficient (Wildman–Crippen LogP) is 7.22. The molecule has 0 spiro atoms. The van der Waals surface area contributed by atoms with Crippen LogP contribution in [0.25, 0.3) is 0 Å². The second-order valence-corrected chi connectivity index (χ2v) is 9.05. The number of unbranched alkanes of at least 4 members (excludes halogenated alkanes) is 4. The van der Waals surface area contributed by atoms with Crippen molar-refractivity contribution in [2.45, 2.75) is 89.9 Å². The molecule has 4 heteroatoms. The molecule has 2 atom stereocenters. The first-order valence-corrected chi connectivity index (χ1v) is 12.8. The number of carbonyl (C=O) groups is 1. The molecular formula is C28H44O4. The van der Waals surface area contributed by atoms with Crippen LogP contribution in [-0.4, -0.2) is 26.3 Å². The van der Waals surface area contributed by atoms with Gasteiger partial charge in [-0.25, -0.2) is 9.78 Å². The van der Waals surface area contributed by atoms with E-state index in [1.165, 1.54) is 70.5 Å². The molecule has 0 aliphatic heterocycles. The van der Waals surface area contributed by atoms with Crippen molar-refractivity contribution in [2.24, 2.45) is 11.8 Å². The standard InChI is InChI=1S/C28H44O4/c1-30-32-24-13-12-23-31-28(29)22-11-3-2-9-18-26-20-14-21-27(26)19-10-5-8-17-25-15-6-4-7-16-25/h2,4,6-7,9,15-16,26-27H,3,5,8,10-14,17-24H2,1H3/b9-2-/t26-,27?/m0/s1. The summed E-state index contributed by atoms with van der Waals surface area (Å²) >= 11 is 0. The highest BCUT2D eigenvalue weighted by Gasteiger charge is 2.25. The lowest BCUT2D eigenvalue weighted by Gasteiger charge is -2.18. The summed E-state index contributed by atoms with van der Waals surface area (Å²) in [5, 5.41) is 0. The van der Waals surface area contributed by atoms with Crippen molar-refractivity contribution >= 4 is 5.97 Å². The largest absolute Gasteiger partial charge is 0.466 e. The Labute approximate surface area is 195 Å². The molecule has 1 aliphatic rings. The first-order valence-electron chi connectivity index (χ1n) is 12.8. The minimum Gasteiger partial charge on any atom is -0.466 e. The van der Waals surface area contributed by atoms with E-state index in [1.807, 2.05) is 0 Å². The Morgan fingerprint density at radius 3 is 2.59 bits per heavy atom. The molecule has 1 saturated carbocycles. The Morgan fingerprint density at radius 1 is 0.938 bits per heavy atom. The number of carbonyl (C=O) groups excluding carboxylic acids is 1. The summed E-state index contributed by atoms with van der Waals surface area (Å²) in [6.07, 6.45) is 20.7. The van der Waals surface area contributed by atoms with Crippen LogP contribution in [0, 0.1) is 11.8 Å². The second-order valence-electron chi connectivity index (χ2n) is 9.05. The van der Waals surface area contributed by atoms with Gasteiger partial charge in [0.1, 0.15) is 0 Å². The molecule has 0 N–H and O–H groups in total. The lowest BCUT2D eigenvalue weighted by molar-refractivity contribution is -0.272. The Balaban J connectivity index is 1.45. The summed E-state index contributed by atoms with van der Waals surface area (Å²) < 4.78 is 5.24. The maximum atomic E-state index is 11.7. The molecule has 1 fully saturated rings. The van der Waals surface area contributed by atoms with Gasteiger partial charge in [-0.15, -0.1) is 0 Å². The summed E-state index contributed by atoms with van der Waals surface area (Å²) in [5.41, 5.74) is 1.47. The van der Waals surface area contributed by atoms with E-state index in [2.05, 4.69) is 47.4 Å². The summed E-state index contributed by atoms with van der Waals surface area (Å²) in [6.45, 7) is 1.01. The molecule has 0 aromatic heterocycles. The monoisotopic (exact) mass is 444 g/mol. The fourth-order valence-electron chi connectivity index (χ4n) is 4.72. The average molecular weight is 445 g/mol. The first-order chi connectivity index (χ1) is 15.8. The molecule has 0 heterocycles. The lowest BCUT2D eigenvalue weighted by Crippen LogP contribution is -2.07. The van der Waals surface area contributed by atoms with Gasteiger partial charge in [0.25, 0.3) is 0 Å². The van der Waals surface area contributed by atoms with E-state index in [0.29, 0.717) is 19.6 Å². The number of allylic oxidation sites excluding steroid dienone is 2. The van der Waals surface area contributed by atoms with Gasteiger partial charge in [0.05, 0.1) is 20.3 Å².